The van der Waals surface area contributed by atoms with Crippen molar-refractivity contribution in [3.63, 3.8) is 0 Å². The minimum Gasteiger partial charge on any atom is -0.503 e. The van der Waals surface area contributed by atoms with E-state index in [1.807, 2.05) is 26.8 Å². The highest BCUT2D eigenvalue weighted by Crippen LogP contribution is 2.38. The largest absolute Gasteiger partial charge is 0.503 e. The normalized spacial score (nSPS) is 18.2. The monoisotopic (exact) mass is 316 g/mol. The zero-order valence-electron chi connectivity index (χ0n) is 14.0. The Balaban J connectivity index is 2.43. The van der Waals surface area contributed by atoms with Crippen molar-refractivity contribution >= 4 is 11.7 Å². The fourth-order valence-corrected chi connectivity index (χ4v) is 2.86. The van der Waals surface area contributed by atoms with Crippen molar-refractivity contribution < 1.29 is 14.7 Å². The second-order valence-corrected chi connectivity index (χ2v) is 6.32. The molecule has 1 N–H and O–H groups in total. The molecule has 0 radical (unpaired) electrons. The Kier molecular flexibility index (Phi) is 5.53. The van der Waals surface area contributed by atoms with Crippen molar-refractivity contribution in [2.24, 2.45) is 5.92 Å². The molecule has 0 fully saturated rings. The van der Waals surface area contributed by atoms with E-state index in [0.717, 1.165) is 18.4 Å². The summed E-state index contributed by atoms with van der Waals surface area (Å²) < 4.78 is 0. The molecule has 1 aliphatic heterocycles. The van der Waals surface area contributed by atoms with Crippen LogP contribution < -0.4 is 0 Å². The van der Waals surface area contributed by atoms with Crippen LogP contribution in [0.3, 0.4) is 0 Å². The average molecular weight is 316 g/mol. The zero-order chi connectivity index (χ0) is 17.0. The molecule has 0 saturated heterocycles. The Bertz CT molecular complexity index is 608. The van der Waals surface area contributed by atoms with Crippen LogP contribution in [0.1, 0.15) is 51.6 Å². The Hall–Kier alpha value is -2.17. The smallest absolute Gasteiger partial charge is 0.290 e. The molecule has 2 heterocycles. The number of carbonyl (C=O) groups is 2. The van der Waals surface area contributed by atoms with Gasteiger partial charge >= 0.3 is 0 Å². The number of aromatic nitrogens is 1. The van der Waals surface area contributed by atoms with Crippen molar-refractivity contribution in [3.8, 4) is 0 Å². The van der Waals surface area contributed by atoms with Crippen LogP contribution >= 0.6 is 0 Å². The van der Waals surface area contributed by atoms with Crippen LogP contribution in [0.25, 0.3) is 0 Å². The molecular formula is C18H24N2O3. The summed E-state index contributed by atoms with van der Waals surface area (Å²) in [4.78, 5) is 30.7. The number of hydrogen-bond donors (Lipinski definition) is 1. The van der Waals surface area contributed by atoms with Gasteiger partial charge in [-0.05, 0) is 24.0 Å². The highest BCUT2D eigenvalue weighted by atomic mass is 16.3. The van der Waals surface area contributed by atoms with Gasteiger partial charge in [-0.1, -0.05) is 33.3 Å². The highest BCUT2D eigenvalue weighted by molar-refractivity contribution is 6.08. The predicted molar refractivity (Wildman–Crippen MR) is 87.7 cm³/mol. The van der Waals surface area contributed by atoms with Crippen LogP contribution in [-0.2, 0) is 9.59 Å². The van der Waals surface area contributed by atoms with E-state index in [1.165, 1.54) is 0 Å². The maximum absolute atomic E-state index is 12.6. The first-order valence-corrected chi connectivity index (χ1v) is 8.14. The molecule has 1 aromatic heterocycles. The van der Waals surface area contributed by atoms with Gasteiger partial charge in [0.2, 0.25) is 0 Å². The van der Waals surface area contributed by atoms with Crippen molar-refractivity contribution in [2.75, 3.05) is 6.54 Å². The summed E-state index contributed by atoms with van der Waals surface area (Å²) in [7, 11) is 0. The number of amides is 1. The van der Waals surface area contributed by atoms with E-state index in [4.69, 9.17) is 0 Å². The van der Waals surface area contributed by atoms with E-state index < -0.39 is 17.7 Å². The minimum absolute atomic E-state index is 0.164. The van der Waals surface area contributed by atoms with Crippen LogP contribution in [0.15, 0.2) is 35.9 Å². The zero-order valence-corrected chi connectivity index (χ0v) is 14.0. The molecule has 124 valence electrons. The maximum Gasteiger partial charge on any atom is 0.290 e. The fraction of sp³-hybridized carbons (Fsp3) is 0.500. The second-order valence-electron chi connectivity index (χ2n) is 6.32. The second kappa shape index (κ2) is 7.40. The lowest BCUT2D eigenvalue weighted by atomic mass is 9.93. The van der Waals surface area contributed by atoms with Gasteiger partial charge in [-0.25, -0.2) is 0 Å². The molecule has 1 aromatic rings. The third-order valence-corrected chi connectivity index (χ3v) is 3.95. The number of ketones is 1. The topological polar surface area (TPSA) is 70.5 Å². The van der Waals surface area contributed by atoms with Crippen molar-refractivity contribution in [1.29, 1.82) is 0 Å². The number of pyridine rings is 1. The van der Waals surface area contributed by atoms with Crippen LogP contribution in [-0.4, -0.2) is 33.2 Å². The molecule has 23 heavy (non-hydrogen) atoms. The number of hydrogen-bond acceptors (Lipinski definition) is 4. The molecule has 1 atom stereocenters. The minimum atomic E-state index is -0.533. The summed E-state index contributed by atoms with van der Waals surface area (Å²) in [5, 5.41) is 10.3. The van der Waals surface area contributed by atoms with Gasteiger partial charge in [-0.2, -0.15) is 0 Å². The van der Waals surface area contributed by atoms with Gasteiger partial charge in [-0.3, -0.25) is 14.6 Å². The Labute approximate surface area is 137 Å². The molecule has 5 nitrogen and oxygen atoms in total. The van der Waals surface area contributed by atoms with E-state index >= 15 is 0 Å². The molecule has 0 aliphatic carbocycles. The van der Waals surface area contributed by atoms with E-state index in [-0.39, 0.29) is 17.3 Å². The lowest BCUT2D eigenvalue weighted by Crippen LogP contribution is -2.32. The number of aliphatic hydroxyl groups is 1. The van der Waals surface area contributed by atoms with Gasteiger partial charge in [0.05, 0.1) is 11.6 Å². The first kappa shape index (κ1) is 17.2. The molecule has 1 unspecified atom stereocenters. The predicted octanol–water partition coefficient (Wildman–Crippen LogP) is 3.19. The molecule has 0 saturated carbocycles. The molecule has 0 bridgehead atoms. The Morgan fingerprint density at radius 1 is 1.43 bits per heavy atom. The molecule has 1 amide bonds. The fourth-order valence-electron chi connectivity index (χ4n) is 2.86. The van der Waals surface area contributed by atoms with Gasteiger partial charge in [0.15, 0.2) is 11.5 Å². The summed E-state index contributed by atoms with van der Waals surface area (Å²) in [6.07, 6.45) is 5.36. The van der Waals surface area contributed by atoms with Gasteiger partial charge < -0.3 is 10.0 Å². The summed E-state index contributed by atoms with van der Waals surface area (Å²) >= 11 is 0. The molecule has 2 rings (SSSR count). The molecule has 0 aromatic carbocycles. The van der Waals surface area contributed by atoms with Gasteiger partial charge in [0.25, 0.3) is 5.91 Å². The van der Waals surface area contributed by atoms with Crippen LogP contribution in [0, 0.1) is 5.92 Å². The summed E-state index contributed by atoms with van der Waals surface area (Å²) in [6.45, 7) is 6.44. The SMILES string of the molecule is CCCCN1C(=O)C(O)=C(C(=O)CC(C)C)C1c1cccnc1. The van der Waals surface area contributed by atoms with Gasteiger partial charge in [-0.15, -0.1) is 0 Å². The lowest BCUT2D eigenvalue weighted by Gasteiger charge is -2.26. The van der Waals surface area contributed by atoms with E-state index in [0.29, 0.717) is 13.0 Å². The standard InChI is InChI=1S/C18H24N2O3/c1-4-5-9-20-16(13-7-6-8-19-11-13)15(17(22)18(20)23)14(21)10-12(2)3/h6-8,11-12,16,22H,4-5,9-10H2,1-3H3. The van der Waals surface area contributed by atoms with Gasteiger partial charge in [0, 0.05) is 25.4 Å². The average Bonchev–Trinajstić information content (AvgIpc) is 2.77. The summed E-state index contributed by atoms with van der Waals surface area (Å²) in [6, 6.07) is 3.08. The number of Topliss-reactive ketones (excluding diaryl/α,β-unsaturated/α-hetero) is 1. The summed E-state index contributed by atoms with van der Waals surface area (Å²) in [5.41, 5.74) is 0.973. The van der Waals surface area contributed by atoms with Crippen molar-refractivity contribution in [3.05, 3.63) is 41.4 Å². The molecule has 1 aliphatic rings. The summed E-state index contributed by atoms with van der Waals surface area (Å²) in [5.74, 6) is -0.865. The number of carbonyl (C=O) groups excluding carboxylic acids is 2. The molecule has 5 heteroatoms. The van der Waals surface area contributed by atoms with Gasteiger partial charge in [0.1, 0.15) is 0 Å². The molecular weight excluding hydrogens is 292 g/mol. The Morgan fingerprint density at radius 3 is 2.74 bits per heavy atom. The third-order valence-electron chi connectivity index (χ3n) is 3.95. The van der Waals surface area contributed by atoms with Crippen molar-refractivity contribution in [2.45, 2.75) is 46.1 Å². The van der Waals surface area contributed by atoms with Crippen LogP contribution in [0.4, 0.5) is 0 Å². The van der Waals surface area contributed by atoms with E-state index in [2.05, 4.69) is 4.98 Å². The lowest BCUT2D eigenvalue weighted by molar-refractivity contribution is -0.129. The first-order valence-electron chi connectivity index (χ1n) is 8.14. The quantitative estimate of drug-likeness (QED) is 0.838. The number of rotatable bonds is 7. The number of nitrogens with zero attached hydrogens (tertiary/aromatic N) is 2. The van der Waals surface area contributed by atoms with E-state index in [9.17, 15) is 14.7 Å². The van der Waals surface area contributed by atoms with Crippen LogP contribution in [0.2, 0.25) is 0 Å². The van der Waals surface area contributed by atoms with E-state index in [1.54, 1.807) is 23.4 Å². The maximum atomic E-state index is 12.6. The van der Waals surface area contributed by atoms with Crippen LogP contribution in [0.5, 0.6) is 0 Å². The third kappa shape index (κ3) is 3.60. The number of aliphatic hydroxyl groups excluding tert-OH is 1. The highest BCUT2D eigenvalue weighted by Gasteiger charge is 2.43. The van der Waals surface area contributed by atoms with Crippen molar-refractivity contribution in [1.82, 2.24) is 9.88 Å². The first-order chi connectivity index (χ1) is 11.0. The Morgan fingerprint density at radius 2 is 2.17 bits per heavy atom. The number of unbranched alkanes of at least 4 members (excludes halogenated alkanes) is 1. The molecule has 0 spiro atoms.